The molecule has 2 aromatic carbocycles. The maximum Gasteiger partial charge on any atom is 0.231 e. The summed E-state index contributed by atoms with van der Waals surface area (Å²) in [5.41, 5.74) is 0.942. The van der Waals surface area contributed by atoms with E-state index in [1.807, 2.05) is 48.5 Å². The van der Waals surface area contributed by atoms with Gasteiger partial charge >= 0.3 is 0 Å². The molecule has 102 valence electrons. The van der Waals surface area contributed by atoms with Crippen LogP contribution >= 0.6 is 0 Å². The second-order valence-electron chi connectivity index (χ2n) is 4.83. The molecule has 3 heteroatoms. The Bertz CT molecular complexity index is 888. The molecule has 1 aliphatic heterocycles. The van der Waals surface area contributed by atoms with Crippen LogP contribution in [0, 0.1) is 0 Å². The van der Waals surface area contributed by atoms with Crippen molar-refractivity contribution in [3.63, 3.8) is 0 Å². The minimum atomic E-state index is 0.279. The van der Waals surface area contributed by atoms with Crippen molar-refractivity contribution >= 4 is 21.7 Å². The minimum Gasteiger partial charge on any atom is -0.454 e. The average molecular weight is 275 g/mol. The molecule has 0 saturated heterocycles. The summed E-state index contributed by atoms with van der Waals surface area (Å²) < 4.78 is 11.0. The molecule has 0 aliphatic carbocycles. The lowest BCUT2D eigenvalue weighted by Crippen LogP contribution is -1.92. The third-order valence-corrected chi connectivity index (χ3v) is 3.54. The normalized spacial score (nSPS) is 12.4. The Morgan fingerprint density at radius 3 is 2.52 bits per heavy atom. The van der Waals surface area contributed by atoms with Gasteiger partial charge in [0, 0.05) is 11.6 Å². The number of aromatic nitrogens is 1. The molecule has 0 unspecified atom stereocenters. The van der Waals surface area contributed by atoms with Gasteiger partial charge in [0.15, 0.2) is 11.5 Å². The van der Waals surface area contributed by atoms with E-state index < -0.39 is 0 Å². The number of para-hydroxylation sites is 1. The molecule has 0 fully saturated rings. The van der Waals surface area contributed by atoms with Gasteiger partial charge in [-0.1, -0.05) is 36.4 Å². The molecule has 0 spiro atoms. The van der Waals surface area contributed by atoms with Crippen LogP contribution in [-0.2, 0) is 0 Å². The van der Waals surface area contributed by atoms with Crippen molar-refractivity contribution in [2.45, 2.75) is 0 Å². The maximum atomic E-state index is 5.51. The van der Waals surface area contributed by atoms with Gasteiger partial charge < -0.3 is 9.47 Å². The van der Waals surface area contributed by atoms with E-state index in [-0.39, 0.29) is 6.79 Å². The monoisotopic (exact) mass is 275 g/mol. The van der Waals surface area contributed by atoms with Crippen molar-refractivity contribution in [3.05, 3.63) is 66.9 Å². The van der Waals surface area contributed by atoms with Gasteiger partial charge in [-0.25, -0.2) is 0 Å². The topological polar surface area (TPSA) is 31.4 Å². The van der Waals surface area contributed by atoms with Gasteiger partial charge in [0.1, 0.15) is 0 Å². The fraction of sp³-hybridized carbons (Fsp3) is 0.0556. The second kappa shape index (κ2) is 4.94. The Hall–Kier alpha value is -2.81. The zero-order valence-electron chi connectivity index (χ0n) is 11.3. The second-order valence-corrected chi connectivity index (χ2v) is 4.83. The van der Waals surface area contributed by atoms with Gasteiger partial charge in [-0.2, -0.15) is 0 Å². The van der Waals surface area contributed by atoms with E-state index in [0.717, 1.165) is 33.2 Å². The van der Waals surface area contributed by atoms with E-state index in [9.17, 15) is 0 Å². The highest BCUT2D eigenvalue weighted by molar-refractivity contribution is 6.05. The van der Waals surface area contributed by atoms with Crippen LogP contribution < -0.4 is 9.47 Å². The lowest BCUT2D eigenvalue weighted by Gasteiger charge is -2.02. The number of nitrogens with zero attached hydrogens (tertiary/aromatic N) is 1. The molecule has 0 N–H and O–H groups in total. The van der Waals surface area contributed by atoms with Gasteiger partial charge in [-0.15, -0.1) is 0 Å². The highest BCUT2D eigenvalue weighted by Gasteiger charge is 2.14. The van der Waals surface area contributed by atoms with Crippen LogP contribution in [0.25, 0.3) is 21.7 Å². The van der Waals surface area contributed by atoms with E-state index in [2.05, 4.69) is 17.1 Å². The fourth-order valence-electron chi connectivity index (χ4n) is 2.54. The standard InChI is InChI=1S/C18H13NO2/c1-2-6-13-10-17-18(21-12-20-17)11-15(13)14-7-3-4-8-16(14)19-9-5-1/h1-11H,12H2. The summed E-state index contributed by atoms with van der Waals surface area (Å²) in [5.74, 6) is 1.58. The summed E-state index contributed by atoms with van der Waals surface area (Å²) in [6.45, 7) is 0.279. The average Bonchev–Trinajstić information content (AvgIpc) is 2.97. The Morgan fingerprint density at radius 1 is 0.762 bits per heavy atom. The van der Waals surface area contributed by atoms with Gasteiger partial charge in [0.05, 0.1) is 5.52 Å². The number of benzene rings is 2. The Balaban J connectivity index is 2.22. The molecular weight excluding hydrogens is 262 g/mol. The van der Waals surface area contributed by atoms with Crippen molar-refractivity contribution in [1.82, 2.24) is 4.98 Å². The summed E-state index contributed by atoms with van der Waals surface area (Å²) in [6.07, 6.45) is 1.81. The quantitative estimate of drug-likeness (QED) is 0.615. The van der Waals surface area contributed by atoms with Crippen molar-refractivity contribution in [1.29, 1.82) is 0 Å². The smallest absolute Gasteiger partial charge is 0.231 e. The van der Waals surface area contributed by atoms with Crippen molar-refractivity contribution in [2.24, 2.45) is 0 Å². The molecule has 0 radical (unpaired) electrons. The largest absolute Gasteiger partial charge is 0.454 e. The number of fused-ring (bicyclic) bond motifs is 4. The van der Waals surface area contributed by atoms with Crippen LogP contribution in [0.4, 0.5) is 0 Å². The first-order valence-electron chi connectivity index (χ1n) is 6.82. The summed E-state index contributed by atoms with van der Waals surface area (Å²) in [5, 5.41) is 3.27. The van der Waals surface area contributed by atoms with Gasteiger partial charge in [-0.3, -0.25) is 4.98 Å². The Kier molecular flexibility index (Phi) is 2.82. The highest BCUT2D eigenvalue weighted by atomic mass is 16.7. The lowest BCUT2D eigenvalue weighted by atomic mass is 10.1. The Labute approximate surface area is 122 Å². The molecule has 4 rings (SSSR count). The zero-order valence-corrected chi connectivity index (χ0v) is 11.3. The summed E-state index contributed by atoms with van der Waals surface area (Å²) >= 11 is 0. The van der Waals surface area contributed by atoms with Crippen molar-refractivity contribution < 1.29 is 9.47 Å². The first-order valence-corrected chi connectivity index (χ1v) is 6.82. The predicted molar refractivity (Wildman–Crippen MR) is 83.0 cm³/mol. The number of ether oxygens (including phenoxy) is 2. The molecule has 0 saturated carbocycles. The molecule has 0 bridgehead atoms. The zero-order chi connectivity index (χ0) is 14.1. The summed E-state index contributed by atoms with van der Waals surface area (Å²) in [7, 11) is 0. The van der Waals surface area contributed by atoms with Gasteiger partial charge in [-0.05, 0) is 35.0 Å². The molecule has 3 nitrogen and oxygen atoms in total. The molecule has 2 heterocycles. The van der Waals surface area contributed by atoms with Crippen LogP contribution in [0.1, 0.15) is 0 Å². The van der Waals surface area contributed by atoms with Crippen molar-refractivity contribution in [2.75, 3.05) is 6.79 Å². The first-order chi connectivity index (χ1) is 10.4. The summed E-state index contributed by atoms with van der Waals surface area (Å²) in [6, 6.07) is 20.1. The van der Waals surface area contributed by atoms with E-state index >= 15 is 0 Å². The third-order valence-electron chi connectivity index (χ3n) is 3.54. The molecular formula is C18H13NO2. The lowest BCUT2D eigenvalue weighted by molar-refractivity contribution is 0.174. The number of hydrogen-bond donors (Lipinski definition) is 0. The number of rotatable bonds is 0. The van der Waals surface area contributed by atoms with Crippen LogP contribution in [-0.4, -0.2) is 11.8 Å². The fourth-order valence-corrected chi connectivity index (χ4v) is 2.54. The van der Waals surface area contributed by atoms with E-state index in [4.69, 9.17) is 9.47 Å². The SMILES string of the molecule is c1ccnc2ccccc2c2cc3c(cc2cc1)OCO3. The van der Waals surface area contributed by atoms with Crippen LogP contribution in [0.15, 0.2) is 66.9 Å². The van der Waals surface area contributed by atoms with Crippen LogP contribution in [0.2, 0.25) is 0 Å². The maximum absolute atomic E-state index is 5.51. The predicted octanol–water partition coefficient (Wildman–Crippen LogP) is 4.24. The Morgan fingerprint density at radius 2 is 1.57 bits per heavy atom. The molecule has 0 atom stereocenters. The van der Waals surface area contributed by atoms with E-state index in [1.165, 1.54) is 0 Å². The van der Waals surface area contributed by atoms with Crippen LogP contribution in [0.3, 0.4) is 0 Å². The molecule has 1 aliphatic rings. The van der Waals surface area contributed by atoms with E-state index in [0.29, 0.717) is 0 Å². The van der Waals surface area contributed by atoms with E-state index in [1.54, 1.807) is 6.20 Å². The molecule has 3 aromatic rings. The number of hydrogen-bond acceptors (Lipinski definition) is 3. The molecule has 21 heavy (non-hydrogen) atoms. The summed E-state index contributed by atoms with van der Waals surface area (Å²) in [4.78, 5) is 4.52. The van der Waals surface area contributed by atoms with Gasteiger partial charge in [0.25, 0.3) is 0 Å². The third kappa shape index (κ3) is 2.13. The molecule has 1 aromatic heterocycles. The minimum absolute atomic E-state index is 0.279. The highest BCUT2D eigenvalue weighted by Crippen LogP contribution is 2.37. The van der Waals surface area contributed by atoms with Crippen LogP contribution in [0.5, 0.6) is 11.5 Å². The van der Waals surface area contributed by atoms with Gasteiger partial charge in [0.2, 0.25) is 6.79 Å². The molecule has 0 amide bonds. The first kappa shape index (κ1) is 12.0. The van der Waals surface area contributed by atoms with Crippen molar-refractivity contribution in [3.8, 4) is 11.5 Å².